The van der Waals surface area contributed by atoms with Crippen LogP contribution in [-0.4, -0.2) is 5.38 Å². The Morgan fingerprint density at radius 2 is 2.15 bits per heavy atom. The molecule has 1 heterocycles. The zero-order valence-electron chi connectivity index (χ0n) is 8.09. The second-order valence-electron chi connectivity index (χ2n) is 4.01. The Kier molecular flexibility index (Phi) is 2.66. The number of rotatable bonds is 1. The normalized spacial score (nSPS) is 33.9. The SMILES string of the molecule is Cc1ccc(C2CCC(Cl)C2C)s1. The Bertz CT molecular complexity index is 292. The first-order valence-corrected chi connectivity index (χ1v) is 6.14. The molecule has 0 aromatic carbocycles. The van der Waals surface area contributed by atoms with Crippen LogP contribution in [0.2, 0.25) is 0 Å². The third-order valence-electron chi connectivity index (χ3n) is 3.09. The van der Waals surface area contributed by atoms with E-state index in [0.717, 1.165) is 5.92 Å². The average molecular weight is 215 g/mol. The van der Waals surface area contributed by atoms with Crippen molar-refractivity contribution in [1.29, 1.82) is 0 Å². The Balaban J connectivity index is 2.18. The number of thiophene rings is 1. The highest BCUT2D eigenvalue weighted by atomic mass is 35.5. The van der Waals surface area contributed by atoms with Gasteiger partial charge in [0, 0.05) is 15.1 Å². The summed E-state index contributed by atoms with van der Waals surface area (Å²) < 4.78 is 0. The molecule has 1 aromatic rings. The highest BCUT2D eigenvalue weighted by Crippen LogP contribution is 2.44. The van der Waals surface area contributed by atoms with Crippen LogP contribution in [-0.2, 0) is 0 Å². The summed E-state index contributed by atoms with van der Waals surface area (Å²) >= 11 is 8.15. The van der Waals surface area contributed by atoms with Crippen LogP contribution in [0.1, 0.15) is 35.4 Å². The summed E-state index contributed by atoms with van der Waals surface area (Å²) in [5.41, 5.74) is 0. The smallest absolute Gasteiger partial charge is 0.0368 e. The van der Waals surface area contributed by atoms with Crippen molar-refractivity contribution in [3.05, 3.63) is 21.9 Å². The molecule has 2 heteroatoms. The van der Waals surface area contributed by atoms with E-state index < -0.39 is 0 Å². The highest BCUT2D eigenvalue weighted by molar-refractivity contribution is 7.12. The van der Waals surface area contributed by atoms with Crippen LogP contribution in [0.5, 0.6) is 0 Å². The van der Waals surface area contributed by atoms with E-state index in [1.807, 2.05) is 11.3 Å². The fraction of sp³-hybridized carbons (Fsp3) is 0.636. The number of hydrogen-bond donors (Lipinski definition) is 0. The summed E-state index contributed by atoms with van der Waals surface area (Å²) in [6.45, 7) is 4.45. The van der Waals surface area contributed by atoms with Gasteiger partial charge in [-0.3, -0.25) is 0 Å². The molecule has 0 N–H and O–H groups in total. The molecular formula is C11H15ClS. The Hall–Kier alpha value is -0.0100. The number of halogens is 1. The van der Waals surface area contributed by atoms with Crippen molar-refractivity contribution in [3.8, 4) is 0 Å². The van der Waals surface area contributed by atoms with Gasteiger partial charge in [-0.15, -0.1) is 22.9 Å². The van der Waals surface area contributed by atoms with Crippen LogP contribution in [0, 0.1) is 12.8 Å². The van der Waals surface area contributed by atoms with Crippen LogP contribution >= 0.6 is 22.9 Å². The summed E-state index contributed by atoms with van der Waals surface area (Å²) in [5, 5.41) is 0.396. The van der Waals surface area contributed by atoms with Gasteiger partial charge >= 0.3 is 0 Å². The molecule has 2 rings (SSSR count). The Morgan fingerprint density at radius 1 is 1.38 bits per heavy atom. The van der Waals surface area contributed by atoms with Crippen molar-refractivity contribution in [3.63, 3.8) is 0 Å². The van der Waals surface area contributed by atoms with Gasteiger partial charge in [0.1, 0.15) is 0 Å². The van der Waals surface area contributed by atoms with Gasteiger partial charge < -0.3 is 0 Å². The first-order chi connectivity index (χ1) is 6.18. The van der Waals surface area contributed by atoms with Crippen LogP contribution in [0.25, 0.3) is 0 Å². The third-order valence-corrected chi connectivity index (χ3v) is 4.83. The van der Waals surface area contributed by atoms with E-state index in [0.29, 0.717) is 11.3 Å². The standard InChI is InChI=1S/C11H15ClS/c1-7-3-6-11(13-7)9-4-5-10(12)8(9)2/h3,6,8-10H,4-5H2,1-2H3. The molecule has 1 aliphatic carbocycles. The fourth-order valence-corrected chi connectivity index (χ4v) is 3.60. The van der Waals surface area contributed by atoms with Crippen molar-refractivity contribution >= 4 is 22.9 Å². The summed E-state index contributed by atoms with van der Waals surface area (Å²) in [4.78, 5) is 2.95. The molecule has 13 heavy (non-hydrogen) atoms. The highest BCUT2D eigenvalue weighted by Gasteiger charge is 2.32. The average Bonchev–Trinajstić information content (AvgIpc) is 2.62. The van der Waals surface area contributed by atoms with Gasteiger partial charge in [0.25, 0.3) is 0 Å². The van der Waals surface area contributed by atoms with E-state index in [-0.39, 0.29) is 0 Å². The monoisotopic (exact) mass is 214 g/mol. The molecular weight excluding hydrogens is 200 g/mol. The van der Waals surface area contributed by atoms with Crippen molar-refractivity contribution in [1.82, 2.24) is 0 Å². The van der Waals surface area contributed by atoms with E-state index >= 15 is 0 Å². The largest absolute Gasteiger partial charge is 0.145 e. The molecule has 3 atom stereocenters. The predicted octanol–water partition coefficient (Wildman–Crippen LogP) is 4.18. The van der Waals surface area contributed by atoms with Gasteiger partial charge in [-0.1, -0.05) is 6.92 Å². The molecule has 3 unspecified atom stereocenters. The summed E-state index contributed by atoms with van der Waals surface area (Å²) in [6, 6.07) is 4.49. The van der Waals surface area contributed by atoms with Gasteiger partial charge in [0.2, 0.25) is 0 Å². The van der Waals surface area contributed by atoms with E-state index in [1.165, 1.54) is 22.6 Å². The molecule has 0 spiro atoms. The first-order valence-electron chi connectivity index (χ1n) is 4.89. The lowest BCUT2D eigenvalue weighted by Crippen LogP contribution is -2.08. The molecule has 1 aromatic heterocycles. The van der Waals surface area contributed by atoms with Gasteiger partial charge in [0.05, 0.1) is 0 Å². The number of alkyl halides is 1. The van der Waals surface area contributed by atoms with Crippen LogP contribution < -0.4 is 0 Å². The number of aryl methyl sites for hydroxylation is 1. The molecule has 0 amide bonds. The molecule has 0 bridgehead atoms. The molecule has 72 valence electrons. The van der Waals surface area contributed by atoms with Gasteiger partial charge in [-0.2, -0.15) is 0 Å². The van der Waals surface area contributed by atoms with Gasteiger partial charge in [-0.05, 0) is 43.7 Å². The maximum Gasteiger partial charge on any atom is 0.0368 e. The lowest BCUT2D eigenvalue weighted by molar-refractivity contribution is 0.545. The number of hydrogen-bond acceptors (Lipinski definition) is 1. The molecule has 1 aliphatic rings. The van der Waals surface area contributed by atoms with Crippen LogP contribution in [0.3, 0.4) is 0 Å². The Morgan fingerprint density at radius 3 is 2.62 bits per heavy atom. The van der Waals surface area contributed by atoms with Gasteiger partial charge in [0.15, 0.2) is 0 Å². The second-order valence-corrected chi connectivity index (χ2v) is 5.89. The first kappa shape index (κ1) is 9.54. The summed E-state index contributed by atoms with van der Waals surface area (Å²) in [6.07, 6.45) is 2.46. The maximum atomic E-state index is 6.22. The zero-order valence-corrected chi connectivity index (χ0v) is 9.66. The van der Waals surface area contributed by atoms with E-state index in [4.69, 9.17) is 11.6 Å². The minimum Gasteiger partial charge on any atom is -0.145 e. The third kappa shape index (κ3) is 1.77. The van der Waals surface area contributed by atoms with Gasteiger partial charge in [-0.25, -0.2) is 0 Å². The predicted molar refractivity (Wildman–Crippen MR) is 59.8 cm³/mol. The van der Waals surface area contributed by atoms with E-state index in [9.17, 15) is 0 Å². The van der Waals surface area contributed by atoms with Crippen molar-refractivity contribution in [2.45, 2.75) is 38.0 Å². The molecule has 0 saturated heterocycles. The summed E-state index contributed by atoms with van der Waals surface area (Å²) in [5.74, 6) is 1.38. The lowest BCUT2D eigenvalue weighted by atomic mass is 9.96. The Labute approximate surface area is 88.9 Å². The molecule has 0 radical (unpaired) electrons. The second kappa shape index (κ2) is 3.62. The molecule has 1 fully saturated rings. The quantitative estimate of drug-likeness (QED) is 0.616. The van der Waals surface area contributed by atoms with Crippen molar-refractivity contribution < 1.29 is 0 Å². The lowest BCUT2D eigenvalue weighted by Gasteiger charge is -2.14. The topological polar surface area (TPSA) is 0 Å². The molecule has 0 nitrogen and oxygen atoms in total. The zero-order chi connectivity index (χ0) is 9.42. The fourth-order valence-electron chi connectivity index (χ4n) is 2.17. The minimum absolute atomic E-state index is 0.396. The van der Waals surface area contributed by atoms with Crippen LogP contribution in [0.15, 0.2) is 12.1 Å². The maximum absolute atomic E-state index is 6.22. The van der Waals surface area contributed by atoms with Crippen molar-refractivity contribution in [2.24, 2.45) is 5.92 Å². The molecule has 0 aliphatic heterocycles. The van der Waals surface area contributed by atoms with E-state index in [2.05, 4.69) is 26.0 Å². The minimum atomic E-state index is 0.396. The van der Waals surface area contributed by atoms with Crippen LogP contribution in [0.4, 0.5) is 0 Å². The summed E-state index contributed by atoms with van der Waals surface area (Å²) in [7, 11) is 0. The van der Waals surface area contributed by atoms with Crippen molar-refractivity contribution in [2.75, 3.05) is 0 Å². The van der Waals surface area contributed by atoms with E-state index in [1.54, 1.807) is 0 Å². The molecule has 1 saturated carbocycles.